The van der Waals surface area contributed by atoms with Gasteiger partial charge in [0.25, 0.3) is 10.0 Å². The highest BCUT2D eigenvalue weighted by Gasteiger charge is 2.15. The van der Waals surface area contributed by atoms with Gasteiger partial charge in [-0.2, -0.15) is 0 Å². The zero-order valence-electron chi connectivity index (χ0n) is 10.0. The molecule has 0 radical (unpaired) electrons. The zero-order chi connectivity index (χ0) is 14.0. The average molecular weight is 361 g/mol. The van der Waals surface area contributed by atoms with Gasteiger partial charge in [0.15, 0.2) is 0 Å². The van der Waals surface area contributed by atoms with Crippen LogP contribution >= 0.6 is 27.5 Å². The summed E-state index contributed by atoms with van der Waals surface area (Å²) >= 11 is 9.28. The van der Waals surface area contributed by atoms with E-state index in [1.54, 1.807) is 30.3 Å². The maximum absolute atomic E-state index is 12.2. The SMILES string of the molecule is Cc1ccc(NS(=O)(=O)c2ccc(Br)cc2)c(Cl)c1. The van der Waals surface area contributed by atoms with Crippen LogP contribution in [0.1, 0.15) is 5.56 Å². The summed E-state index contributed by atoms with van der Waals surface area (Å²) in [7, 11) is -3.62. The Hall–Kier alpha value is -1.04. The summed E-state index contributed by atoms with van der Waals surface area (Å²) in [6, 6.07) is 11.5. The van der Waals surface area contributed by atoms with Crippen LogP contribution in [0.3, 0.4) is 0 Å². The minimum absolute atomic E-state index is 0.187. The van der Waals surface area contributed by atoms with E-state index >= 15 is 0 Å². The number of hydrogen-bond acceptors (Lipinski definition) is 2. The summed E-state index contributed by atoms with van der Waals surface area (Å²) in [5.74, 6) is 0. The Bertz CT molecular complexity index is 699. The van der Waals surface area contributed by atoms with Gasteiger partial charge in [0.2, 0.25) is 0 Å². The molecule has 2 aromatic rings. The maximum Gasteiger partial charge on any atom is 0.261 e. The van der Waals surface area contributed by atoms with Crippen LogP contribution in [0.4, 0.5) is 5.69 Å². The highest BCUT2D eigenvalue weighted by molar-refractivity contribution is 9.10. The van der Waals surface area contributed by atoms with Crippen molar-refractivity contribution in [3.8, 4) is 0 Å². The third-order valence-electron chi connectivity index (χ3n) is 2.49. The van der Waals surface area contributed by atoms with E-state index in [4.69, 9.17) is 11.6 Å². The molecule has 0 heterocycles. The first-order valence-electron chi connectivity index (χ1n) is 5.43. The second kappa shape index (κ2) is 5.53. The molecular weight excluding hydrogens is 350 g/mol. The number of halogens is 2. The van der Waals surface area contributed by atoms with Crippen molar-refractivity contribution in [2.75, 3.05) is 4.72 Å². The first-order chi connectivity index (χ1) is 8.88. The van der Waals surface area contributed by atoms with Gasteiger partial charge in [-0.3, -0.25) is 4.72 Å². The Kier molecular flexibility index (Phi) is 4.18. The molecule has 0 atom stereocenters. The highest BCUT2D eigenvalue weighted by Crippen LogP contribution is 2.25. The van der Waals surface area contributed by atoms with Crippen LogP contribution in [0.2, 0.25) is 5.02 Å². The van der Waals surface area contributed by atoms with E-state index in [0.717, 1.165) is 10.0 Å². The fourth-order valence-corrected chi connectivity index (χ4v) is 3.20. The molecule has 0 spiro atoms. The van der Waals surface area contributed by atoms with E-state index in [0.29, 0.717) is 10.7 Å². The smallest absolute Gasteiger partial charge is 0.261 e. The van der Waals surface area contributed by atoms with Gasteiger partial charge in [-0.15, -0.1) is 0 Å². The molecule has 0 aromatic heterocycles. The van der Waals surface area contributed by atoms with Crippen molar-refractivity contribution in [1.82, 2.24) is 0 Å². The second-order valence-corrected chi connectivity index (χ2v) is 7.05. The number of benzene rings is 2. The van der Waals surface area contributed by atoms with Crippen LogP contribution in [-0.4, -0.2) is 8.42 Å². The first kappa shape index (κ1) is 14.4. The average Bonchev–Trinajstić information content (AvgIpc) is 2.33. The molecule has 19 heavy (non-hydrogen) atoms. The molecule has 0 bridgehead atoms. The number of anilines is 1. The zero-order valence-corrected chi connectivity index (χ0v) is 13.2. The van der Waals surface area contributed by atoms with E-state index in [2.05, 4.69) is 20.7 Å². The number of rotatable bonds is 3. The van der Waals surface area contributed by atoms with Crippen molar-refractivity contribution < 1.29 is 8.42 Å². The van der Waals surface area contributed by atoms with Crippen LogP contribution in [0.25, 0.3) is 0 Å². The van der Waals surface area contributed by atoms with Crippen molar-refractivity contribution in [3.05, 3.63) is 57.5 Å². The van der Waals surface area contributed by atoms with Gasteiger partial charge >= 0.3 is 0 Å². The largest absolute Gasteiger partial charge is 0.278 e. The van der Waals surface area contributed by atoms with Crippen LogP contribution < -0.4 is 4.72 Å². The van der Waals surface area contributed by atoms with Gasteiger partial charge in [0.05, 0.1) is 15.6 Å². The Morgan fingerprint density at radius 3 is 2.32 bits per heavy atom. The Labute approximate surface area is 125 Å². The van der Waals surface area contributed by atoms with Crippen LogP contribution in [0.15, 0.2) is 51.8 Å². The van der Waals surface area contributed by atoms with Crippen molar-refractivity contribution in [1.29, 1.82) is 0 Å². The summed E-state index contributed by atoms with van der Waals surface area (Å²) in [5.41, 5.74) is 1.34. The van der Waals surface area contributed by atoms with E-state index in [-0.39, 0.29) is 4.90 Å². The van der Waals surface area contributed by atoms with Crippen molar-refractivity contribution >= 4 is 43.2 Å². The summed E-state index contributed by atoms with van der Waals surface area (Å²) < 4.78 is 27.6. The standard InChI is InChI=1S/C13H11BrClNO2S/c1-9-2-7-13(12(15)8-9)16-19(17,18)11-5-3-10(14)4-6-11/h2-8,16H,1H3. The topological polar surface area (TPSA) is 46.2 Å². The molecule has 100 valence electrons. The molecule has 3 nitrogen and oxygen atoms in total. The molecule has 0 aliphatic carbocycles. The van der Waals surface area contributed by atoms with Gasteiger partial charge in [-0.25, -0.2) is 8.42 Å². The molecule has 0 fully saturated rings. The Morgan fingerprint density at radius 1 is 1.11 bits per heavy atom. The lowest BCUT2D eigenvalue weighted by atomic mass is 10.2. The number of sulfonamides is 1. The van der Waals surface area contributed by atoms with E-state index < -0.39 is 10.0 Å². The molecular formula is C13H11BrClNO2S. The molecule has 0 aliphatic rings. The monoisotopic (exact) mass is 359 g/mol. The third kappa shape index (κ3) is 3.49. The summed E-state index contributed by atoms with van der Waals surface area (Å²) in [6.07, 6.45) is 0. The third-order valence-corrected chi connectivity index (χ3v) is 4.72. The van der Waals surface area contributed by atoms with Gasteiger partial charge in [-0.1, -0.05) is 33.6 Å². The molecule has 2 aromatic carbocycles. The lowest BCUT2D eigenvalue weighted by Gasteiger charge is -2.10. The van der Waals surface area contributed by atoms with E-state index in [1.807, 2.05) is 6.92 Å². The molecule has 2 rings (SSSR count). The maximum atomic E-state index is 12.2. The fourth-order valence-electron chi connectivity index (χ4n) is 1.52. The van der Waals surface area contributed by atoms with E-state index in [1.165, 1.54) is 12.1 Å². The molecule has 6 heteroatoms. The van der Waals surface area contributed by atoms with Crippen LogP contribution in [0, 0.1) is 6.92 Å². The highest BCUT2D eigenvalue weighted by atomic mass is 79.9. The minimum atomic E-state index is -3.62. The normalized spacial score (nSPS) is 11.3. The van der Waals surface area contributed by atoms with Gasteiger partial charge in [0.1, 0.15) is 0 Å². The molecule has 0 unspecified atom stereocenters. The lowest BCUT2D eigenvalue weighted by molar-refractivity contribution is 0.601. The number of aryl methyl sites for hydroxylation is 1. The minimum Gasteiger partial charge on any atom is -0.278 e. The van der Waals surface area contributed by atoms with Gasteiger partial charge < -0.3 is 0 Å². The van der Waals surface area contributed by atoms with Crippen molar-refractivity contribution in [2.45, 2.75) is 11.8 Å². The number of nitrogens with one attached hydrogen (secondary N) is 1. The first-order valence-corrected chi connectivity index (χ1v) is 8.08. The summed E-state index contributed by atoms with van der Waals surface area (Å²) in [5, 5.41) is 0.376. The Morgan fingerprint density at radius 2 is 1.74 bits per heavy atom. The molecule has 0 amide bonds. The van der Waals surface area contributed by atoms with Crippen LogP contribution in [-0.2, 0) is 10.0 Å². The molecule has 0 saturated heterocycles. The van der Waals surface area contributed by atoms with Crippen molar-refractivity contribution in [2.24, 2.45) is 0 Å². The predicted octanol–water partition coefficient (Wildman–Crippen LogP) is 4.21. The van der Waals surface area contributed by atoms with Gasteiger partial charge in [-0.05, 0) is 48.9 Å². The van der Waals surface area contributed by atoms with E-state index in [9.17, 15) is 8.42 Å². The molecule has 0 saturated carbocycles. The predicted molar refractivity (Wildman–Crippen MR) is 81.1 cm³/mol. The lowest BCUT2D eigenvalue weighted by Crippen LogP contribution is -2.13. The fraction of sp³-hybridized carbons (Fsp3) is 0.0769. The van der Waals surface area contributed by atoms with Crippen molar-refractivity contribution in [3.63, 3.8) is 0 Å². The molecule has 1 N–H and O–H groups in total. The van der Waals surface area contributed by atoms with Crippen LogP contribution in [0.5, 0.6) is 0 Å². The summed E-state index contributed by atoms with van der Waals surface area (Å²) in [4.78, 5) is 0.187. The quantitative estimate of drug-likeness (QED) is 0.891. The summed E-state index contributed by atoms with van der Waals surface area (Å²) in [6.45, 7) is 1.89. The Balaban J connectivity index is 2.33. The van der Waals surface area contributed by atoms with Gasteiger partial charge in [0, 0.05) is 4.47 Å². The number of hydrogen-bond donors (Lipinski definition) is 1. The molecule has 0 aliphatic heterocycles. The second-order valence-electron chi connectivity index (χ2n) is 4.04.